The molecule has 0 aliphatic rings. The Morgan fingerprint density at radius 1 is 1.29 bits per heavy atom. The Hall–Kier alpha value is -2.69. The van der Waals surface area contributed by atoms with E-state index in [1.807, 2.05) is 38.1 Å². The summed E-state index contributed by atoms with van der Waals surface area (Å²) >= 11 is 0. The van der Waals surface area contributed by atoms with Crippen molar-refractivity contribution in [1.82, 2.24) is 10.1 Å². The van der Waals surface area contributed by atoms with Crippen LogP contribution in [0.2, 0.25) is 0 Å². The van der Waals surface area contributed by atoms with Crippen molar-refractivity contribution in [1.29, 1.82) is 0 Å². The average molecular weight is 282 g/mol. The monoisotopic (exact) mass is 282 g/mol. The van der Waals surface area contributed by atoms with Gasteiger partial charge in [-0.25, -0.2) is 4.79 Å². The van der Waals surface area contributed by atoms with Crippen molar-refractivity contribution < 1.29 is 14.4 Å². The number of carbonyl (C=O) groups is 1. The third kappa shape index (κ3) is 2.38. The van der Waals surface area contributed by atoms with Gasteiger partial charge in [-0.2, -0.15) is 0 Å². The standard InChI is InChI=1S/C16H14N2O3/c1-9-7-15(18-21-9)10(2)11-3-4-14-13(8-11)12(16(19)20)5-6-17-14/h3-8,10H,1-2H3,(H,19,20)/t10-/m1/s1. The van der Waals surface area contributed by atoms with Gasteiger partial charge in [0, 0.05) is 23.6 Å². The molecule has 1 atom stereocenters. The average Bonchev–Trinajstić information content (AvgIpc) is 2.91. The molecule has 0 spiro atoms. The second-order valence-electron chi connectivity index (χ2n) is 5.02. The molecule has 0 saturated carbocycles. The zero-order valence-corrected chi connectivity index (χ0v) is 11.7. The van der Waals surface area contributed by atoms with E-state index in [0.717, 1.165) is 17.0 Å². The van der Waals surface area contributed by atoms with Crippen molar-refractivity contribution in [2.75, 3.05) is 0 Å². The molecule has 3 aromatic rings. The molecule has 0 aliphatic carbocycles. The Balaban J connectivity index is 2.12. The summed E-state index contributed by atoms with van der Waals surface area (Å²) < 4.78 is 5.10. The smallest absolute Gasteiger partial charge is 0.336 e. The minimum absolute atomic E-state index is 0.0219. The summed E-state index contributed by atoms with van der Waals surface area (Å²) in [7, 11) is 0. The van der Waals surface area contributed by atoms with Crippen LogP contribution in [0.4, 0.5) is 0 Å². The predicted octanol–water partition coefficient (Wildman–Crippen LogP) is 3.38. The molecule has 0 saturated heterocycles. The number of fused-ring (bicyclic) bond motifs is 1. The van der Waals surface area contributed by atoms with Crippen molar-refractivity contribution in [2.24, 2.45) is 0 Å². The lowest BCUT2D eigenvalue weighted by Gasteiger charge is -2.10. The summed E-state index contributed by atoms with van der Waals surface area (Å²) in [4.78, 5) is 15.5. The summed E-state index contributed by atoms with van der Waals surface area (Å²) in [5.41, 5.74) is 2.73. The molecule has 5 nitrogen and oxygen atoms in total. The van der Waals surface area contributed by atoms with E-state index in [2.05, 4.69) is 10.1 Å². The number of carboxylic acid groups (broad SMARTS) is 1. The number of pyridine rings is 1. The zero-order valence-electron chi connectivity index (χ0n) is 11.7. The van der Waals surface area contributed by atoms with Crippen molar-refractivity contribution in [3.8, 4) is 0 Å². The van der Waals surface area contributed by atoms with Gasteiger partial charge in [0.15, 0.2) is 0 Å². The number of hydrogen-bond acceptors (Lipinski definition) is 4. The second-order valence-corrected chi connectivity index (χ2v) is 5.02. The van der Waals surface area contributed by atoms with E-state index in [1.54, 1.807) is 0 Å². The molecule has 0 fully saturated rings. The highest BCUT2D eigenvalue weighted by Gasteiger charge is 2.15. The first-order valence-electron chi connectivity index (χ1n) is 6.61. The number of nitrogens with zero attached hydrogens (tertiary/aromatic N) is 2. The fraction of sp³-hybridized carbons (Fsp3) is 0.188. The molecule has 0 radical (unpaired) electrons. The molecular weight excluding hydrogens is 268 g/mol. The number of rotatable bonds is 3. The molecule has 0 amide bonds. The second kappa shape index (κ2) is 5.01. The van der Waals surface area contributed by atoms with Crippen LogP contribution < -0.4 is 0 Å². The van der Waals surface area contributed by atoms with Crippen molar-refractivity contribution >= 4 is 16.9 Å². The summed E-state index contributed by atoms with van der Waals surface area (Å²) in [6, 6.07) is 9.03. The maximum Gasteiger partial charge on any atom is 0.336 e. The van der Waals surface area contributed by atoms with E-state index in [1.165, 1.54) is 12.3 Å². The quantitative estimate of drug-likeness (QED) is 0.797. The van der Waals surface area contributed by atoms with E-state index < -0.39 is 5.97 Å². The largest absolute Gasteiger partial charge is 0.478 e. The van der Waals surface area contributed by atoms with Gasteiger partial charge < -0.3 is 9.63 Å². The van der Waals surface area contributed by atoms with Gasteiger partial charge in [-0.15, -0.1) is 0 Å². The summed E-state index contributed by atoms with van der Waals surface area (Å²) in [5, 5.41) is 13.9. The van der Waals surface area contributed by atoms with E-state index in [0.29, 0.717) is 10.9 Å². The van der Waals surface area contributed by atoms with Crippen LogP contribution >= 0.6 is 0 Å². The normalized spacial score (nSPS) is 12.5. The maximum atomic E-state index is 11.3. The number of hydrogen-bond donors (Lipinski definition) is 1. The Labute approximate surface area is 121 Å². The fourth-order valence-corrected chi connectivity index (χ4v) is 2.38. The van der Waals surface area contributed by atoms with Crippen LogP contribution in [0.15, 0.2) is 41.1 Å². The number of carboxylic acids is 1. The van der Waals surface area contributed by atoms with Crippen LogP contribution in [0.1, 0.15) is 40.2 Å². The minimum Gasteiger partial charge on any atom is -0.478 e. The number of aryl methyl sites for hydroxylation is 1. The maximum absolute atomic E-state index is 11.3. The van der Waals surface area contributed by atoms with Crippen molar-refractivity contribution in [3.05, 3.63) is 59.1 Å². The Morgan fingerprint density at radius 3 is 2.76 bits per heavy atom. The van der Waals surface area contributed by atoms with Crippen LogP contribution in [0.3, 0.4) is 0 Å². The summed E-state index contributed by atoms with van der Waals surface area (Å²) in [6.07, 6.45) is 1.51. The van der Waals surface area contributed by atoms with Gasteiger partial charge in [0.2, 0.25) is 0 Å². The SMILES string of the molecule is Cc1cc([C@H](C)c2ccc3nccc(C(=O)O)c3c2)no1. The molecule has 106 valence electrons. The molecule has 0 aliphatic heterocycles. The lowest BCUT2D eigenvalue weighted by molar-refractivity contribution is 0.0699. The molecule has 0 bridgehead atoms. The predicted molar refractivity (Wildman–Crippen MR) is 77.5 cm³/mol. The Morgan fingerprint density at radius 2 is 2.10 bits per heavy atom. The third-order valence-corrected chi connectivity index (χ3v) is 3.59. The van der Waals surface area contributed by atoms with E-state index >= 15 is 0 Å². The van der Waals surface area contributed by atoms with Gasteiger partial charge in [-0.1, -0.05) is 18.1 Å². The van der Waals surface area contributed by atoms with Gasteiger partial charge in [-0.05, 0) is 30.7 Å². The molecule has 3 rings (SSSR count). The van der Waals surface area contributed by atoms with Crippen molar-refractivity contribution in [3.63, 3.8) is 0 Å². The zero-order chi connectivity index (χ0) is 15.0. The van der Waals surface area contributed by atoms with E-state index in [-0.39, 0.29) is 11.5 Å². The number of aromatic carboxylic acids is 1. The van der Waals surface area contributed by atoms with Crippen LogP contribution in [0.5, 0.6) is 0 Å². The first-order valence-corrected chi connectivity index (χ1v) is 6.61. The number of aromatic nitrogens is 2. The van der Waals surface area contributed by atoms with Crippen molar-refractivity contribution in [2.45, 2.75) is 19.8 Å². The van der Waals surface area contributed by atoms with E-state index in [4.69, 9.17) is 4.52 Å². The summed E-state index contributed by atoms with van der Waals surface area (Å²) in [5.74, 6) is -0.177. The topological polar surface area (TPSA) is 76.2 Å². The van der Waals surface area contributed by atoms with Gasteiger partial charge in [0.25, 0.3) is 0 Å². The van der Waals surface area contributed by atoms with Gasteiger partial charge in [0.05, 0.1) is 16.8 Å². The molecule has 21 heavy (non-hydrogen) atoms. The van der Waals surface area contributed by atoms with E-state index in [9.17, 15) is 9.90 Å². The molecular formula is C16H14N2O3. The van der Waals surface area contributed by atoms with Gasteiger partial charge in [0.1, 0.15) is 5.76 Å². The summed E-state index contributed by atoms with van der Waals surface area (Å²) in [6.45, 7) is 3.85. The molecule has 5 heteroatoms. The molecule has 1 N–H and O–H groups in total. The highest BCUT2D eigenvalue weighted by atomic mass is 16.5. The molecule has 1 aromatic carbocycles. The van der Waals surface area contributed by atoms with Crippen LogP contribution in [0.25, 0.3) is 10.9 Å². The molecule has 2 heterocycles. The van der Waals surface area contributed by atoms with Crippen LogP contribution in [0, 0.1) is 6.92 Å². The van der Waals surface area contributed by atoms with Crippen LogP contribution in [-0.2, 0) is 0 Å². The van der Waals surface area contributed by atoms with Crippen LogP contribution in [-0.4, -0.2) is 21.2 Å². The van der Waals surface area contributed by atoms with Gasteiger partial charge in [-0.3, -0.25) is 4.98 Å². The van der Waals surface area contributed by atoms with Gasteiger partial charge >= 0.3 is 5.97 Å². The Kier molecular flexibility index (Phi) is 3.17. The third-order valence-electron chi connectivity index (χ3n) is 3.59. The highest BCUT2D eigenvalue weighted by molar-refractivity contribution is 6.02. The fourth-order valence-electron chi connectivity index (χ4n) is 2.38. The Bertz CT molecular complexity index is 823. The highest BCUT2D eigenvalue weighted by Crippen LogP contribution is 2.27. The molecule has 2 aromatic heterocycles. The first-order chi connectivity index (χ1) is 10.1. The number of benzene rings is 1. The lowest BCUT2D eigenvalue weighted by Crippen LogP contribution is -2.01. The first kappa shape index (κ1) is 13.3. The minimum atomic E-state index is -0.954. The lowest BCUT2D eigenvalue weighted by atomic mass is 9.95. The molecule has 0 unspecified atom stereocenters.